The van der Waals surface area contributed by atoms with E-state index in [4.69, 9.17) is 0 Å². The normalized spacial score (nSPS) is 14.4. The van der Waals surface area contributed by atoms with Crippen LogP contribution in [0.15, 0.2) is 0 Å². The standard InChI is InChI=1S/C13H29N/c1-10(2)7-13(12(5)6)9-14-8-11(3)4/h10-14H,7-9H2,1-6H3. The largest absolute Gasteiger partial charge is 0.316 e. The van der Waals surface area contributed by atoms with Gasteiger partial charge in [-0.3, -0.25) is 0 Å². The Morgan fingerprint density at radius 3 is 1.71 bits per heavy atom. The second-order valence-corrected chi connectivity index (χ2v) is 5.69. The molecule has 14 heavy (non-hydrogen) atoms. The molecule has 1 unspecified atom stereocenters. The smallest absolute Gasteiger partial charge is 0.00179 e. The van der Waals surface area contributed by atoms with Crippen molar-refractivity contribution in [2.75, 3.05) is 13.1 Å². The van der Waals surface area contributed by atoms with Crippen LogP contribution in [0.5, 0.6) is 0 Å². The Balaban J connectivity index is 3.74. The van der Waals surface area contributed by atoms with Crippen molar-refractivity contribution in [2.45, 2.75) is 48.0 Å². The van der Waals surface area contributed by atoms with Gasteiger partial charge in [-0.25, -0.2) is 0 Å². The van der Waals surface area contributed by atoms with E-state index < -0.39 is 0 Å². The van der Waals surface area contributed by atoms with Crippen LogP contribution in [0, 0.1) is 23.7 Å². The monoisotopic (exact) mass is 199 g/mol. The van der Waals surface area contributed by atoms with E-state index in [2.05, 4.69) is 46.9 Å². The van der Waals surface area contributed by atoms with Crippen molar-refractivity contribution >= 4 is 0 Å². The molecule has 0 aliphatic heterocycles. The lowest BCUT2D eigenvalue weighted by molar-refractivity contribution is 0.299. The molecule has 0 saturated heterocycles. The molecule has 0 spiro atoms. The van der Waals surface area contributed by atoms with Crippen molar-refractivity contribution in [3.05, 3.63) is 0 Å². The SMILES string of the molecule is CC(C)CNCC(CC(C)C)C(C)C. The number of hydrogen-bond acceptors (Lipinski definition) is 1. The Kier molecular flexibility index (Phi) is 7.26. The van der Waals surface area contributed by atoms with E-state index >= 15 is 0 Å². The Morgan fingerprint density at radius 1 is 0.786 bits per heavy atom. The molecule has 0 fully saturated rings. The van der Waals surface area contributed by atoms with Gasteiger partial charge in [0.05, 0.1) is 0 Å². The quantitative estimate of drug-likeness (QED) is 0.661. The van der Waals surface area contributed by atoms with E-state index in [-0.39, 0.29) is 0 Å². The summed E-state index contributed by atoms with van der Waals surface area (Å²) in [5.41, 5.74) is 0. The predicted molar refractivity (Wildman–Crippen MR) is 65.5 cm³/mol. The van der Waals surface area contributed by atoms with Gasteiger partial charge in [-0.15, -0.1) is 0 Å². The third-order valence-electron chi connectivity index (χ3n) is 2.68. The van der Waals surface area contributed by atoms with E-state index in [0.29, 0.717) is 0 Å². The summed E-state index contributed by atoms with van der Waals surface area (Å²) < 4.78 is 0. The van der Waals surface area contributed by atoms with Crippen LogP contribution >= 0.6 is 0 Å². The molecule has 0 saturated carbocycles. The van der Waals surface area contributed by atoms with Crippen LogP contribution in [0.25, 0.3) is 0 Å². The lowest BCUT2D eigenvalue weighted by atomic mass is 9.87. The van der Waals surface area contributed by atoms with Gasteiger partial charge in [0.2, 0.25) is 0 Å². The van der Waals surface area contributed by atoms with Crippen LogP contribution in [0.4, 0.5) is 0 Å². The number of rotatable bonds is 7. The maximum absolute atomic E-state index is 3.57. The molecule has 0 bridgehead atoms. The fourth-order valence-corrected chi connectivity index (χ4v) is 1.75. The highest BCUT2D eigenvalue weighted by Gasteiger charge is 2.14. The molecule has 0 aromatic rings. The Labute approximate surface area is 90.7 Å². The van der Waals surface area contributed by atoms with Gasteiger partial charge in [-0.05, 0) is 43.2 Å². The Morgan fingerprint density at radius 2 is 1.36 bits per heavy atom. The van der Waals surface area contributed by atoms with E-state index in [1.54, 1.807) is 0 Å². The molecule has 0 aliphatic rings. The minimum Gasteiger partial charge on any atom is -0.316 e. The molecule has 0 aromatic carbocycles. The summed E-state index contributed by atoms with van der Waals surface area (Å²) in [6.07, 6.45) is 1.35. The zero-order chi connectivity index (χ0) is 11.1. The maximum atomic E-state index is 3.57. The summed E-state index contributed by atoms with van der Waals surface area (Å²) in [5.74, 6) is 3.23. The van der Waals surface area contributed by atoms with Crippen LogP contribution < -0.4 is 5.32 Å². The molecule has 1 N–H and O–H groups in total. The first-order chi connectivity index (χ1) is 6.43. The number of hydrogen-bond donors (Lipinski definition) is 1. The van der Waals surface area contributed by atoms with Gasteiger partial charge >= 0.3 is 0 Å². The minimum absolute atomic E-state index is 0.766. The van der Waals surface area contributed by atoms with E-state index in [1.165, 1.54) is 13.0 Å². The van der Waals surface area contributed by atoms with Crippen molar-refractivity contribution in [3.8, 4) is 0 Å². The first kappa shape index (κ1) is 14.0. The summed E-state index contributed by atoms with van der Waals surface area (Å²) in [6.45, 7) is 16.2. The van der Waals surface area contributed by atoms with Gasteiger partial charge in [0.15, 0.2) is 0 Å². The average molecular weight is 199 g/mol. The molecule has 0 aromatic heterocycles. The zero-order valence-electron chi connectivity index (χ0n) is 10.9. The molecule has 86 valence electrons. The summed E-state index contributed by atoms with van der Waals surface area (Å²) in [5, 5.41) is 3.57. The van der Waals surface area contributed by atoms with Gasteiger partial charge in [-0.1, -0.05) is 41.5 Å². The number of nitrogens with one attached hydrogen (secondary N) is 1. The van der Waals surface area contributed by atoms with Gasteiger partial charge in [0.1, 0.15) is 0 Å². The van der Waals surface area contributed by atoms with Crippen molar-refractivity contribution < 1.29 is 0 Å². The van der Waals surface area contributed by atoms with Crippen molar-refractivity contribution in [2.24, 2.45) is 23.7 Å². The molecular weight excluding hydrogens is 170 g/mol. The lowest BCUT2D eigenvalue weighted by Crippen LogP contribution is -2.29. The topological polar surface area (TPSA) is 12.0 Å². The van der Waals surface area contributed by atoms with Crippen LogP contribution in [-0.2, 0) is 0 Å². The third-order valence-corrected chi connectivity index (χ3v) is 2.68. The van der Waals surface area contributed by atoms with Crippen molar-refractivity contribution in [1.82, 2.24) is 5.32 Å². The van der Waals surface area contributed by atoms with Crippen molar-refractivity contribution in [1.29, 1.82) is 0 Å². The highest BCUT2D eigenvalue weighted by Crippen LogP contribution is 2.19. The Hall–Kier alpha value is -0.0400. The Bertz CT molecular complexity index is 127. The van der Waals surface area contributed by atoms with Crippen LogP contribution in [0.2, 0.25) is 0 Å². The van der Waals surface area contributed by atoms with E-state index in [1.807, 2.05) is 0 Å². The molecule has 1 nitrogen and oxygen atoms in total. The van der Waals surface area contributed by atoms with Gasteiger partial charge in [-0.2, -0.15) is 0 Å². The molecule has 0 radical (unpaired) electrons. The van der Waals surface area contributed by atoms with Crippen molar-refractivity contribution in [3.63, 3.8) is 0 Å². The second-order valence-electron chi connectivity index (χ2n) is 5.69. The molecule has 1 atom stereocenters. The summed E-state index contributed by atoms with van der Waals surface area (Å²) >= 11 is 0. The fraction of sp³-hybridized carbons (Fsp3) is 1.00. The molecule has 0 rings (SSSR count). The van der Waals surface area contributed by atoms with Gasteiger partial charge < -0.3 is 5.32 Å². The molecular formula is C13H29N. The summed E-state index contributed by atoms with van der Waals surface area (Å²) in [6, 6.07) is 0. The van der Waals surface area contributed by atoms with Crippen LogP contribution in [0.3, 0.4) is 0 Å². The summed E-state index contributed by atoms with van der Waals surface area (Å²) in [4.78, 5) is 0. The van der Waals surface area contributed by atoms with E-state index in [0.717, 1.165) is 30.2 Å². The third kappa shape index (κ3) is 7.37. The zero-order valence-corrected chi connectivity index (χ0v) is 10.9. The molecule has 0 amide bonds. The first-order valence-electron chi connectivity index (χ1n) is 6.14. The predicted octanol–water partition coefficient (Wildman–Crippen LogP) is 3.55. The fourth-order valence-electron chi connectivity index (χ4n) is 1.75. The van der Waals surface area contributed by atoms with Crippen LogP contribution in [-0.4, -0.2) is 13.1 Å². The average Bonchev–Trinajstić information content (AvgIpc) is 2.00. The van der Waals surface area contributed by atoms with E-state index in [9.17, 15) is 0 Å². The second kappa shape index (κ2) is 7.28. The van der Waals surface area contributed by atoms with Gasteiger partial charge in [0, 0.05) is 0 Å². The first-order valence-corrected chi connectivity index (χ1v) is 6.14. The van der Waals surface area contributed by atoms with Crippen LogP contribution in [0.1, 0.15) is 48.0 Å². The molecule has 0 aliphatic carbocycles. The summed E-state index contributed by atoms with van der Waals surface area (Å²) in [7, 11) is 0. The lowest BCUT2D eigenvalue weighted by Gasteiger charge is -2.23. The highest BCUT2D eigenvalue weighted by molar-refractivity contribution is 4.68. The molecule has 0 heterocycles. The molecule has 1 heteroatoms. The minimum atomic E-state index is 0.766. The van der Waals surface area contributed by atoms with Gasteiger partial charge in [0.25, 0.3) is 0 Å². The highest BCUT2D eigenvalue weighted by atomic mass is 14.9. The maximum Gasteiger partial charge on any atom is -0.00179 e.